The SMILES string of the molecule is CCCCCNCCCC.NCCCCNCCCN. The van der Waals surface area contributed by atoms with E-state index >= 15 is 0 Å². The van der Waals surface area contributed by atoms with Crippen molar-refractivity contribution < 1.29 is 0 Å². The maximum atomic E-state index is 5.32. The number of hydrogen-bond acceptors (Lipinski definition) is 4. The molecule has 0 unspecified atom stereocenters. The van der Waals surface area contributed by atoms with Gasteiger partial charge in [-0.2, -0.15) is 0 Å². The molecule has 0 rings (SSSR count). The predicted molar refractivity (Wildman–Crippen MR) is 92.1 cm³/mol. The lowest BCUT2D eigenvalue weighted by Gasteiger charge is -2.01. The molecule has 0 aliphatic carbocycles. The Balaban J connectivity index is 0. The Morgan fingerprint density at radius 2 is 1.00 bits per heavy atom. The Morgan fingerprint density at radius 1 is 0.550 bits per heavy atom. The molecule has 0 saturated heterocycles. The summed E-state index contributed by atoms with van der Waals surface area (Å²) in [5.41, 5.74) is 10.6. The summed E-state index contributed by atoms with van der Waals surface area (Å²) in [5.74, 6) is 0. The molecule has 0 radical (unpaired) electrons. The largest absolute Gasteiger partial charge is 0.330 e. The Labute approximate surface area is 127 Å². The fourth-order valence-electron chi connectivity index (χ4n) is 1.67. The van der Waals surface area contributed by atoms with Crippen molar-refractivity contribution in [3.8, 4) is 0 Å². The minimum atomic E-state index is 0.782. The molecule has 0 aliphatic rings. The molecule has 0 spiro atoms. The molecule has 0 saturated carbocycles. The quantitative estimate of drug-likeness (QED) is 0.370. The second-order valence-corrected chi connectivity index (χ2v) is 5.20. The first-order valence-corrected chi connectivity index (χ1v) is 8.64. The van der Waals surface area contributed by atoms with Gasteiger partial charge in [-0.05, 0) is 71.4 Å². The van der Waals surface area contributed by atoms with Gasteiger partial charge in [0.15, 0.2) is 0 Å². The molecule has 4 nitrogen and oxygen atoms in total. The molecule has 0 fully saturated rings. The number of nitrogens with two attached hydrogens (primary N) is 2. The minimum absolute atomic E-state index is 0.782. The molecular formula is C16H40N4. The Morgan fingerprint density at radius 3 is 1.50 bits per heavy atom. The highest BCUT2D eigenvalue weighted by Gasteiger charge is 1.86. The van der Waals surface area contributed by atoms with E-state index in [0.717, 1.165) is 39.0 Å². The van der Waals surface area contributed by atoms with Gasteiger partial charge < -0.3 is 22.1 Å². The lowest BCUT2D eigenvalue weighted by molar-refractivity contribution is 0.595. The van der Waals surface area contributed by atoms with Gasteiger partial charge in [0, 0.05) is 0 Å². The van der Waals surface area contributed by atoms with E-state index in [-0.39, 0.29) is 0 Å². The van der Waals surface area contributed by atoms with Crippen molar-refractivity contribution in [3.63, 3.8) is 0 Å². The number of rotatable bonds is 14. The van der Waals surface area contributed by atoms with E-state index < -0.39 is 0 Å². The fourth-order valence-corrected chi connectivity index (χ4v) is 1.67. The van der Waals surface area contributed by atoms with E-state index in [1.165, 1.54) is 51.6 Å². The van der Waals surface area contributed by atoms with Gasteiger partial charge in [-0.3, -0.25) is 0 Å². The lowest BCUT2D eigenvalue weighted by Crippen LogP contribution is -2.19. The highest BCUT2D eigenvalue weighted by atomic mass is 14.8. The van der Waals surface area contributed by atoms with E-state index in [4.69, 9.17) is 11.5 Å². The van der Waals surface area contributed by atoms with Crippen molar-refractivity contribution in [2.45, 2.75) is 65.2 Å². The predicted octanol–water partition coefficient (Wildman–Crippen LogP) is 2.23. The third kappa shape index (κ3) is 26.4. The van der Waals surface area contributed by atoms with Crippen LogP contribution in [0.2, 0.25) is 0 Å². The van der Waals surface area contributed by atoms with Gasteiger partial charge >= 0.3 is 0 Å². The maximum Gasteiger partial charge on any atom is -0.00369 e. The zero-order valence-electron chi connectivity index (χ0n) is 14.1. The first-order chi connectivity index (χ1) is 9.83. The van der Waals surface area contributed by atoms with Crippen LogP contribution in [0.5, 0.6) is 0 Å². The van der Waals surface area contributed by atoms with E-state index in [1.54, 1.807) is 0 Å². The molecule has 6 N–H and O–H groups in total. The van der Waals surface area contributed by atoms with Crippen molar-refractivity contribution in [1.82, 2.24) is 10.6 Å². The zero-order chi connectivity index (χ0) is 15.3. The van der Waals surface area contributed by atoms with Gasteiger partial charge in [0.05, 0.1) is 0 Å². The molecule has 0 aromatic rings. The van der Waals surface area contributed by atoms with Crippen LogP contribution in [-0.4, -0.2) is 39.3 Å². The summed E-state index contributed by atoms with van der Waals surface area (Å²) in [7, 11) is 0. The van der Waals surface area contributed by atoms with Crippen LogP contribution in [0, 0.1) is 0 Å². The molecular weight excluding hydrogens is 248 g/mol. The van der Waals surface area contributed by atoms with Crippen LogP contribution < -0.4 is 22.1 Å². The zero-order valence-corrected chi connectivity index (χ0v) is 14.1. The third-order valence-corrected chi connectivity index (χ3v) is 3.03. The Bertz CT molecular complexity index is 110. The molecule has 20 heavy (non-hydrogen) atoms. The van der Waals surface area contributed by atoms with Gasteiger partial charge in [0.25, 0.3) is 0 Å². The summed E-state index contributed by atoms with van der Waals surface area (Å²) in [6.45, 7) is 10.6. The minimum Gasteiger partial charge on any atom is -0.330 e. The average molecular weight is 289 g/mol. The molecule has 0 aromatic heterocycles. The number of unbranched alkanes of at least 4 members (excludes halogenated alkanes) is 4. The van der Waals surface area contributed by atoms with Crippen molar-refractivity contribution in [1.29, 1.82) is 0 Å². The summed E-state index contributed by atoms with van der Waals surface area (Å²) in [6.07, 6.45) is 10.1. The fraction of sp³-hybridized carbons (Fsp3) is 1.00. The summed E-state index contributed by atoms with van der Waals surface area (Å²) in [6, 6.07) is 0. The molecule has 0 heterocycles. The molecule has 0 aliphatic heterocycles. The highest BCUT2D eigenvalue weighted by Crippen LogP contribution is 1.91. The first-order valence-electron chi connectivity index (χ1n) is 8.64. The van der Waals surface area contributed by atoms with Gasteiger partial charge in [-0.15, -0.1) is 0 Å². The lowest BCUT2D eigenvalue weighted by atomic mass is 10.2. The first kappa shape index (κ1) is 22.1. The molecule has 0 aromatic carbocycles. The van der Waals surface area contributed by atoms with E-state index in [9.17, 15) is 0 Å². The van der Waals surface area contributed by atoms with E-state index in [2.05, 4.69) is 24.5 Å². The summed E-state index contributed by atoms with van der Waals surface area (Å²) >= 11 is 0. The van der Waals surface area contributed by atoms with Crippen LogP contribution in [-0.2, 0) is 0 Å². The molecule has 124 valence electrons. The van der Waals surface area contributed by atoms with E-state index in [0.29, 0.717) is 0 Å². The van der Waals surface area contributed by atoms with Crippen molar-refractivity contribution in [2.75, 3.05) is 39.3 Å². The van der Waals surface area contributed by atoms with Crippen LogP contribution in [0.3, 0.4) is 0 Å². The monoisotopic (exact) mass is 288 g/mol. The second-order valence-electron chi connectivity index (χ2n) is 5.20. The normalized spacial score (nSPS) is 10.2. The molecule has 0 atom stereocenters. The van der Waals surface area contributed by atoms with Gasteiger partial charge in [-0.25, -0.2) is 0 Å². The third-order valence-electron chi connectivity index (χ3n) is 3.03. The molecule has 4 heteroatoms. The summed E-state index contributed by atoms with van der Waals surface area (Å²) < 4.78 is 0. The van der Waals surface area contributed by atoms with Crippen molar-refractivity contribution in [2.24, 2.45) is 11.5 Å². The van der Waals surface area contributed by atoms with Gasteiger partial charge in [0.2, 0.25) is 0 Å². The summed E-state index contributed by atoms with van der Waals surface area (Å²) in [5, 5.41) is 6.71. The maximum absolute atomic E-state index is 5.32. The smallest absolute Gasteiger partial charge is 0.00369 e. The Kier molecular flexibility index (Phi) is 26.4. The highest BCUT2D eigenvalue weighted by molar-refractivity contribution is 4.49. The summed E-state index contributed by atoms with van der Waals surface area (Å²) in [4.78, 5) is 0. The van der Waals surface area contributed by atoms with Crippen LogP contribution >= 0.6 is 0 Å². The van der Waals surface area contributed by atoms with Crippen LogP contribution in [0.25, 0.3) is 0 Å². The standard InChI is InChI=1S/C9H21N.C7H19N3/c1-3-5-7-9-10-8-6-4-2;8-4-1-2-6-10-7-3-5-9/h10H,3-9H2,1-2H3;10H,1-9H2. The molecule has 0 amide bonds. The topological polar surface area (TPSA) is 76.1 Å². The second kappa shape index (κ2) is 23.9. The van der Waals surface area contributed by atoms with Crippen molar-refractivity contribution in [3.05, 3.63) is 0 Å². The Hall–Kier alpha value is -0.160. The van der Waals surface area contributed by atoms with Crippen molar-refractivity contribution >= 4 is 0 Å². The van der Waals surface area contributed by atoms with Gasteiger partial charge in [-0.1, -0.05) is 33.1 Å². The van der Waals surface area contributed by atoms with Crippen LogP contribution in [0.1, 0.15) is 65.2 Å². The molecule has 0 bridgehead atoms. The number of hydrogen-bond donors (Lipinski definition) is 4. The average Bonchev–Trinajstić information content (AvgIpc) is 2.47. The number of nitrogens with one attached hydrogen (secondary N) is 2. The van der Waals surface area contributed by atoms with Gasteiger partial charge in [0.1, 0.15) is 0 Å². The van der Waals surface area contributed by atoms with Crippen LogP contribution in [0.15, 0.2) is 0 Å². The van der Waals surface area contributed by atoms with Crippen LogP contribution in [0.4, 0.5) is 0 Å². The van der Waals surface area contributed by atoms with E-state index in [1.807, 2.05) is 0 Å².